The van der Waals surface area contributed by atoms with E-state index in [9.17, 15) is 18.3 Å². The molecule has 1 unspecified atom stereocenters. The second kappa shape index (κ2) is 7.66. The number of aryl methyl sites for hydroxylation is 1. The van der Waals surface area contributed by atoms with Gasteiger partial charge in [-0.3, -0.25) is 4.98 Å². The molecule has 0 aliphatic carbocycles. The lowest BCUT2D eigenvalue weighted by Gasteiger charge is -2.27. The molecule has 0 bridgehead atoms. The van der Waals surface area contributed by atoms with E-state index in [-0.39, 0.29) is 12.4 Å². The van der Waals surface area contributed by atoms with Crippen LogP contribution in [0.4, 0.5) is 13.2 Å². The van der Waals surface area contributed by atoms with Gasteiger partial charge in [0.25, 0.3) is 0 Å². The van der Waals surface area contributed by atoms with E-state index in [2.05, 4.69) is 4.98 Å². The van der Waals surface area contributed by atoms with E-state index in [1.165, 1.54) is 12.1 Å². The highest BCUT2D eigenvalue weighted by atomic mass is 19.4. The van der Waals surface area contributed by atoms with Gasteiger partial charge in [0.15, 0.2) is 0 Å². The fraction of sp³-hybridized carbons (Fsp3) is 0.389. The van der Waals surface area contributed by atoms with Gasteiger partial charge in [-0.15, -0.1) is 0 Å². The summed E-state index contributed by atoms with van der Waals surface area (Å²) >= 11 is 0. The monoisotopic (exact) mass is 339 g/mol. The minimum atomic E-state index is -4.42. The highest BCUT2D eigenvalue weighted by Gasteiger charge is 2.31. The zero-order valence-corrected chi connectivity index (χ0v) is 13.4. The lowest BCUT2D eigenvalue weighted by Crippen LogP contribution is -2.36. The lowest BCUT2D eigenvalue weighted by atomic mass is 9.94. The Morgan fingerprint density at radius 2 is 1.92 bits per heavy atom. The SMILES string of the molecule is CCC(O)(CCc1ccccn1)COc1cccc(C(F)(F)F)c1. The molecule has 0 spiro atoms. The summed E-state index contributed by atoms with van der Waals surface area (Å²) in [6.45, 7) is 1.74. The van der Waals surface area contributed by atoms with Gasteiger partial charge in [0.05, 0.1) is 11.2 Å². The standard InChI is InChI=1S/C18H20F3NO2/c1-2-17(23,10-9-15-7-3-4-11-22-15)13-24-16-8-5-6-14(12-16)18(19,20)21/h3-8,11-12,23H,2,9-10,13H2,1H3. The molecule has 3 nitrogen and oxygen atoms in total. The summed E-state index contributed by atoms with van der Waals surface area (Å²) in [5.41, 5.74) is -1.04. The molecule has 1 heterocycles. The van der Waals surface area contributed by atoms with Crippen molar-refractivity contribution in [1.82, 2.24) is 4.98 Å². The first-order chi connectivity index (χ1) is 11.3. The predicted octanol–water partition coefficient (Wildman–Crippen LogP) is 4.25. The Kier molecular flexibility index (Phi) is 5.83. The van der Waals surface area contributed by atoms with Crippen LogP contribution >= 0.6 is 0 Å². The van der Waals surface area contributed by atoms with Crippen LogP contribution in [-0.4, -0.2) is 22.3 Å². The van der Waals surface area contributed by atoms with Crippen molar-refractivity contribution >= 4 is 0 Å². The van der Waals surface area contributed by atoms with E-state index >= 15 is 0 Å². The first-order valence-electron chi connectivity index (χ1n) is 7.75. The Bertz CT molecular complexity index is 646. The van der Waals surface area contributed by atoms with Crippen LogP contribution in [0.1, 0.15) is 31.0 Å². The summed E-state index contributed by atoms with van der Waals surface area (Å²) in [4.78, 5) is 4.20. The van der Waals surface area contributed by atoms with Crippen molar-refractivity contribution in [3.63, 3.8) is 0 Å². The molecule has 1 aromatic carbocycles. The fourth-order valence-corrected chi connectivity index (χ4v) is 2.24. The number of halogens is 3. The van der Waals surface area contributed by atoms with Crippen LogP contribution in [-0.2, 0) is 12.6 Å². The largest absolute Gasteiger partial charge is 0.491 e. The summed E-state index contributed by atoms with van der Waals surface area (Å²) in [6, 6.07) is 10.2. The highest BCUT2D eigenvalue weighted by Crippen LogP contribution is 2.31. The number of nitrogens with zero attached hydrogens (tertiary/aromatic N) is 1. The van der Waals surface area contributed by atoms with E-state index in [0.717, 1.165) is 17.8 Å². The minimum absolute atomic E-state index is 0.0718. The topological polar surface area (TPSA) is 42.4 Å². The number of hydrogen-bond acceptors (Lipinski definition) is 3. The second-order valence-corrected chi connectivity index (χ2v) is 5.71. The van der Waals surface area contributed by atoms with Crippen molar-refractivity contribution in [2.75, 3.05) is 6.61 Å². The van der Waals surface area contributed by atoms with Crippen LogP contribution in [0.3, 0.4) is 0 Å². The number of aromatic nitrogens is 1. The van der Waals surface area contributed by atoms with E-state index in [4.69, 9.17) is 4.74 Å². The van der Waals surface area contributed by atoms with Gasteiger partial charge in [-0.05, 0) is 49.6 Å². The Labute approximate surface area is 139 Å². The summed E-state index contributed by atoms with van der Waals surface area (Å²) < 4.78 is 43.5. The number of alkyl halides is 3. The third-order valence-electron chi connectivity index (χ3n) is 3.90. The average molecular weight is 339 g/mol. The maximum Gasteiger partial charge on any atom is 0.416 e. The zero-order chi connectivity index (χ0) is 17.6. The Balaban J connectivity index is 1.97. The molecule has 1 atom stereocenters. The van der Waals surface area contributed by atoms with Gasteiger partial charge in [0.2, 0.25) is 0 Å². The Morgan fingerprint density at radius 1 is 1.12 bits per heavy atom. The molecule has 0 saturated heterocycles. The number of pyridine rings is 1. The van der Waals surface area contributed by atoms with Crippen molar-refractivity contribution in [2.24, 2.45) is 0 Å². The smallest absolute Gasteiger partial charge is 0.416 e. The number of benzene rings is 1. The number of hydrogen-bond donors (Lipinski definition) is 1. The van der Waals surface area contributed by atoms with Crippen LogP contribution in [0.15, 0.2) is 48.7 Å². The maximum atomic E-state index is 12.7. The number of ether oxygens (including phenoxy) is 1. The molecule has 2 rings (SSSR count). The summed E-state index contributed by atoms with van der Waals surface area (Å²) in [7, 11) is 0. The molecular formula is C18H20F3NO2. The van der Waals surface area contributed by atoms with Gasteiger partial charge in [0, 0.05) is 11.9 Å². The third-order valence-corrected chi connectivity index (χ3v) is 3.90. The molecule has 24 heavy (non-hydrogen) atoms. The molecule has 0 radical (unpaired) electrons. The predicted molar refractivity (Wildman–Crippen MR) is 84.7 cm³/mol. The van der Waals surface area contributed by atoms with E-state index < -0.39 is 17.3 Å². The van der Waals surface area contributed by atoms with Gasteiger partial charge >= 0.3 is 6.18 Å². The van der Waals surface area contributed by atoms with Crippen LogP contribution in [0.2, 0.25) is 0 Å². The Hall–Kier alpha value is -2.08. The van der Waals surface area contributed by atoms with Crippen molar-refractivity contribution in [2.45, 2.75) is 38.0 Å². The Morgan fingerprint density at radius 3 is 2.54 bits per heavy atom. The highest BCUT2D eigenvalue weighted by molar-refractivity contribution is 5.30. The molecule has 2 aromatic rings. The van der Waals surface area contributed by atoms with Gasteiger partial charge in [0.1, 0.15) is 12.4 Å². The average Bonchev–Trinajstić information content (AvgIpc) is 2.59. The van der Waals surface area contributed by atoms with E-state index in [1.54, 1.807) is 6.20 Å². The van der Waals surface area contributed by atoms with Gasteiger partial charge in [-0.2, -0.15) is 13.2 Å². The van der Waals surface area contributed by atoms with Crippen LogP contribution in [0.25, 0.3) is 0 Å². The van der Waals surface area contributed by atoms with Crippen molar-refractivity contribution in [3.05, 3.63) is 59.9 Å². The normalized spacial score (nSPS) is 14.2. The fourth-order valence-electron chi connectivity index (χ4n) is 2.24. The molecule has 1 N–H and O–H groups in total. The first kappa shape index (κ1) is 18.3. The van der Waals surface area contributed by atoms with Crippen LogP contribution in [0, 0.1) is 0 Å². The van der Waals surface area contributed by atoms with Crippen molar-refractivity contribution < 1.29 is 23.0 Å². The molecule has 0 aliphatic rings. The first-order valence-corrected chi connectivity index (χ1v) is 7.75. The summed E-state index contributed by atoms with van der Waals surface area (Å²) in [5.74, 6) is 0.0922. The summed E-state index contributed by atoms with van der Waals surface area (Å²) in [5, 5.41) is 10.6. The second-order valence-electron chi connectivity index (χ2n) is 5.71. The molecule has 0 aliphatic heterocycles. The van der Waals surface area contributed by atoms with Crippen molar-refractivity contribution in [3.8, 4) is 5.75 Å². The van der Waals surface area contributed by atoms with Gasteiger partial charge in [-0.25, -0.2) is 0 Å². The number of rotatable bonds is 7. The maximum absolute atomic E-state index is 12.7. The van der Waals surface area contributed by atoms with Gasteiger partial charge in [-0.1, -0.05) is 19.1 Å². The lowest BCUT2D eigenvalue weighted by molar-refractivity contribution is -0.137. The molecule has 0 amide bonds. The van der Waals surface area contributed by atoms with Gasteiger partial charge < -0.3 is 9.84 Å². The molecule has 130 valence electrons. The van der Waals surface area contributed by atoms with Crippen LogP contribution < -0.4 is 4.74 Å². The molecule has 6 heteroatoms. The molecule has 0 saturated carbocycles. The van der Waals surface area contributed by atoms with E-state index in [1.807, 2.05) is 25.1 Å². The summed E-state index contributed by atoms with van der Waals surface area (Å²) in [6.07, 6.45) is -1.33. The number of aliphatic hydroxyl groups is 1. The van der Waals surface area contributed by atoms with Crippen molar-refractivity contribution in [1.29, 1.82) is 0 Å². The molecular weight excluding hydrogens is 319 g/mol. The third kappa shape index (κ3) is 5.23. The van der Waals surface area contributed by atoms with Crippen LogP contribution in [0.5, 0.6) is 5.75 Å². The van der Waals surface area contributed by atoms with E-state index in [0.29, 0.717) is 19.3 Å². The minimum Gasteiger partial charge on any atom is -0.491 e. The molecule has 0 fully saturated rings. The zero-order valence-electron chi connectivity index (χ0n) is 13.4. The quantitative estimate of drug-likeness (QED) is 0.820. The molecule has 1 aromatic heterocycles.